The highest BCUT2D eigenvalue weighted by molar-refractivity contribution is 6.00. The molecule has 1 atom stereocenters. The molecule has 0 aliphatic carbocycles. The van der Waals surface area contributed by atoms with Crippen LogP contribution in [0.2, 0.25) is 0 Å². The highest BCUT2D eigenvalue weighted by Gasteiger charge is 2.24. The van der Waals surface area contributed by atoms with E-state index in [1.807, 2.05) is 30.3 Å². The lowest BCUT2D eigenvalue weighted by molar-refractivity contribution is -0.123. The summed E-state index contributed by atoms with van der Waals surface area (Å²) in [5, 5.41) is 9.98. The SMILES string of the molecule is COc1ccc(-c2nn(-c3ccccc3)cc2C(=O)O[C@H](C)C(=O)Nc2ccc(NC(C)=O)cc2)cc1. The monoisotopic (exact) mass is 498 g/mol. The highest BCUT2D eigenvalue weighted by Crippen LogP contribution is 2.27. The van der Waals surface area contributed by atoms with Crippen LogP contribution < -0.4 is 15.4 Å². The third-order valence-corrected chi connectivity index (χ3v) is 5.44. The van der Waals surface area contributed by atoms with Gasteiger partial charge < -0.3 is 20.1 Å². The van der Waals surface area contributed by atoms with Gasteiger partial charge in [-0.1, -0.05) is 18.2 Å². The molecule has 4 aromatic rings. The fraction of sp³-hybridized carbons (Fsp3) is 0.143. The second-order valence-electron chi connectivity index (χ2n) is 8.20. The predicted molar refractivity (Wildman–Crippen MR) is 140 cm³/mol. The van der Waals surface area contributed by atoms with Gasteiger partial charge in [-0.25, -0.2) is 9.48 Å². The summed E-state index contributed by atoms with van der Waals surface area (Å²) in [5.41, 5.74) is 3.19. The molecule has 0 bridgehead atoms. The number of methoxy groups -OCH3 is 1. The first-order valence-corrected chi connectivity index (χ1v) is 11.5. The van der Waals surface area contributed by atoms with Crippen LogP contribution in [-0.4, -0.2) is 40.8 Å². The van der Waals surface area contributed by atoms with Gasteiger partial charge in [0, 0.05) is 30.1 Å². The summed E-state index contributed by atoms with van der Waals surface area (Å²) >= 11 is 0. The molecule has 0 unspecified atom stereocenters. The van der Waals surface area contributed by atoms with Crippen LogP contribution in [0.4, 0.5) is 11.4 Å². The number of benzene rings is 3. The first-order chi connectivity index (χ1) is 17.8. The average molecular weight is 499 g/mol. The van der Waals surface area contributed by atoms with Crippen LogP contribution in [0.25, 0.3) is 16.9 Å². The van der Waals surface area contributed by atoms with Gasteiger partial charge in [-0.2, -0.15) is 5.10 Å². The van der Waals surface area contributed by atoms with Gasteiger partial charge in [-0.15, -0.1) is 0 Å². The number of ether oxygens (including phenoxy) is 2. The van der Waals surface area contributed by atoms with E-state index in [-0.39, 0.29) is 11.5 Å². The molecule has 2 N–H and O–H groups in total. The minimum Gasteiger partial charge on any atom is -0.497 e. The first kappa shape index (κ1) is 25.2. The lowest BCUT2D eigenvalue weighted by Crippen LogP contribution is -2.30. The maximum absolute atomic E-state index is 13.2. The van der Waals surface area contributed by atoms with Crippen LogP contribution in [0.15, 0.2) is 85.1 Å². The van der Waals surface area contributed by atoms with Crippen molar-refractivity contribution in [3.8, 4) is 22.7 Å². The first-order valence-electron chi connectivity index (χ1n) is 11.5. The van der Waals surface area contributed by atoms with Crippen LogP contribution in [0, 0.1) is 0 Å². The summed E-state index contributed by atoms with van der Waals surface area (Å²) in [6, 6.07) is 23.1. The average Bonchev–Trinajstić information content (AvgIpc) is 3.36. The van der Waals surface area contributed by atoms with Gasteiger partial charge in [-0.3, -0.25) is 9.59 Å². The number of para-hydroxylation sites is 1. The van der Waals surface area contributed by atoms with E-state index < -0.39 is 18.0 Å². The molecule has 0 saturated heterocycles. The summed E-state index contributed by atoms with van der Waals surface area (Å²) < 4.78 is 12.3. The third kappa shape index (κ3) is 6.21. The number of esters is 1. The van der Waals surface area contributed by atoms with Crippen molar-refractivity contribution in [2.24, 2.45) is 0 Å². The molecule has 2 amide bonds. The second-order valence-corrected chi connectivity index (χ2v) is 8.20. The molecule has 3 aromatic carbocycles. The number of rotatable bonds is 8. The van der Waals surface area contributed by atoms with Crippen molar-refractivity contribution >= 4 is 29.2 Å². The second kappa shape index (κ2) is 11.2. The van der Waals surface area contributed by atoms with Gasteiger partial charge in [-0.05, 0) is 67.6 Å². The van der Waals surface area contributed by atoms with Crippen molar-refractivity contribution in [2.45, 2.75) is 20.0 Å². The van der Waals surface area contributed by atoms with Crippen LogP contribution in [-0.2, 0) is 14.3 Å². The van der Waals surface area contributed by atoms with Crippen molar-refractivity contribution in [3.63, 3.8) is 0 Å². The Balaban J connectivity index is 1.53. The fourth-order valence-corrected chi connectivity index (χ4v) is 3.56. The Labute approximate surface area is 214 Å². The standard InChI is InChI=1S/C28H26N4O5/c1-18(27(34)30-22-13-11-21(12-14-22)29-19(2)33)37-28(35)25-17-32(23-7-5-4-6-8-23)31-26(25)20-9-15-24(36-3)16-10-20/h4-18H,1-3H3,(H,29,33)(H,30,34)/t18-/m1/s1. The molecule has 4 rings (SSSR count). The van der Waals surface area contributed by atoms with E-state index in [1.54, 1.807) is 66.5 Å². The summed E-state index contributed by atoms with van der Waals surface area (Å²) in [7, 11) is 1.58. The number of hydrogen-bond donors (Lipinski definition) is 2. The van der Waals surface area contributed by atoms with Gasteiger partial charge in [0.05, 0.1) is 12.8 Å². The smallest absolute Gasteiger partial charge is 0.342 e. The molecule has 37 heavy (non-hydrogen) atoms. The van der Waals surface area contributed by atoms with E-state index in [0.29, 0.717) is 28.4 Å². The van der Waals surface area contributed by atoms with Gasteiger partial charge in [0.1, 0.15) is 17.0 Å². The van der Waals surface area contributed by atoms with Crippen LogP contribution in [0.5, 0.6) is 5.75 Å². The van der Waals surface area contributed by atoms with E-state index in [1.165, 1.54) is 13.8 Å². The number of carbonyl (C=O) groups excluding carboxylic acids is 3. The largest absolute Gasteiger partial charge is 0.497 e. The van der Waals surface area contributed by atoms with E-state index >= 15 is 0 Å². The number of amides is 2. The molecule has 188 valence electrons. The zero-order valence-electron chi connectivity index (χ0n) is 20.6. The normalized spacial score (nSPS) is 11.3. The van der Waals surface area contributed by atoms with Crippen molar-refractivity contribution in [1.82, 2.24) is 9.78 Å². The third-order valence-electron chi connectivity index (χ3n) is 5.44. The van der Waals surface area contributed by atoms with E-state index in [2.05, 4.69) is 15.7 Å². The quantitative estimate of drug-likeness (QED) is 0.341. The molecule has 0 fully saturated rings. The number of aromatic nitrogens is 2. The van der Waals surface area contributed by atoms with Crippen LogP contribution >= 0.6 is 0 Å². The summed E-state index contributed by atoms with van der Waals surface area (Å²) in [5.74, 6) is -0.702. The molecule has 0 aliphatic heterocycles. The highest BCUT2D eigenvalue weighted by atomic mass is 16.5. The molecule has 0 saturated carbocycles. The zero-order valence-corrected chi connectivity index (χ0v) is 20.6. The Morgan fingerprint density at radius 3 is 2.08 bits per heavy atom. The molecular formula is C28H26N4O5. The molecule has 1 heterocycles. The van der Waals surface area contributed by atoms with E-state index in [0.717, 1.165) is 5.69 Å². The molecule has 1 aromatic heterocycles. The number of anilines is 2. The topological polar surface area (TPSA) is 112 Å². The minimum atomic E-state index is -1.08. The number of nitrogens with one attached hydrogen (secondary N) is 2. The molecule has 9 heteroatoms. The van der Waals surface area contributed by atoms with E-state index in [9.17, 15) is 14.4 Å². The Morgan fingerprint density at radius 1 is 0.865 bits per heavy atom. The Morgan fingerprint density at radius 2 is 1.49 bits per heavy atom. The molecule has 0 radical (unpaired) electrons. The van der Waals surface area contributed by atoms with Crippen molar-refractivity contribution in [3.05, 3.63) is 90.6 Å². The molecule has 0 spiro atoms. The lowest BCUT2D eigenvalue weighted by Gasteiger charge is -2.14. The molecule has 0 aliphatic rings. The Hall–Kier alpha value is -4.92. The van der Waals surface area contributed by atoms with Crippen LogP contribution in [0.1, 0.15) is 24.2 Å². The number of nitrogens with zero attached hydrogens (tertiary/aromatic N) is 2. The summed E-state index contributed by atoms with van der Waals surface area (Å²) in [6.07, 6.45) is 0.508. The van der Waals surface area contributed by atoms with Gasteiger partial charge >= 0.3 is 5.97 Å². The predicted octanol–water partition coefficient (Wildman–Crippen LogP) is 4.69. The van der Waals surface area contributed by atoms with Gasteiger partial charge in [0.2, 0.25) is 5.91 Å². The Kier molecular flexibility index (Phi) is 7.63. The summed E-state index contributed by atoms with van der Waals surface area (Å²) in [4.78, 5) is 37.1. The maximum Gasteiger partial charge on any atom is 0.342 e. The molecule has 9 nitrogen and oxygen atoms in total. The maximum atomic E-state index is 13.2. The van der Waals surface area contributed by atoms with Gasteiger partial charge in [0.25, 0.3) is 5.91 Å². The van der Waals surface area contributed by atoms with E-state index in [4.69, 9.17) is 9.47 Å². The minimum absolute atomic E-state index is 0.193. The number of carbonyl (C=O) groups is 3. The van der Waals surface area contributed by atoms with Crippen molar-refractivity contribution in [1.29, 1.82) is 0 Å². The number of hydrogen-bond acceptors (Lipinski definition) is 6. The van der Waals surface area contributed by atoms with Gasteiger partial charge in [0.15, 0.2) is 6.10 Å². The fourth-order valence-electron chi connectivity index (χ4n) is 3.56. The lowest BCUT2D eigenvalue weighted by atomic mass is 10.1. The zero-order chi connectivity index (χ0) is 26.4. The van der Waals surface area contributed by atoms with Crippen molar-refractivity contribution < 1.29 is 23.9 Å². The van der Waals surface area contributed by atoms with Crippen molar-refractivity contribution in [2.75, 3.05) is 17.7 Å². The van der Waals surface area contributed by atoms with Crippen LogP contribution in [0.3, 0.4) is 0 Å². The Bertz CT molecular complexity index is 1400. The molecular weight excluding hydrogens is 472 g/mol. The summed E-state index contributed by atoms with van der Waals surface area (Å²) in [6.45, 7) is 2.91.